The Labute approximate surface area is 343 Å². The largest absolute Gasteiger partial charge is 0.453 e. The van der Waals surface area contributed by atoms with Crippen LogP contribution in [0.15, 0.2) is 60.8 Å². The molecule has 0 bridgehead atoms. The van der Waals surface area contributed by atoms with Crippen LogP contribution in [0.2, 0.25) is 19.1 Å². The fourth-order valence-corrected chi connectivity index (χ4v) is 11.4. The smallest absolute Gasteiger partial charge is 0.407 e. The average molecular weight is 825 g/mol. The summed E-state index contributed by atoms with van der Waals surface area (Å²) < 4.78 is 19.7. The maximum atomic E-state index is 14.9. The number of hydrogen-bond acceptors (Lipinski definition) is 8. The van der Waals surface area contributed by atoms with E-state index in [1.807, 2.05) is 55.1 Å². The molecule has 0 saturated carbocycles. The number of ether oxygens (including phenoxy) is 1. The highest BCUT2D eigenvalue weighted by atomic mass is 28.3. The Morgan fingerprint density at radius 2 is 1.54 bits per heavy atom. The van der Waals surface area contributed by atoms with Gasteiger partial charge in [-0.15, -0.1) is 0 Å². The van der Waals surface area contributed by atoms with Gasteiger partial charge in [0, 0.05) is 18.0 Å². The Balaban J connectivity index is 1.10. The summed E-state index contributed by atoms with van der Waals surface area (Å²) >= 11 is 0. The number of amides is 4. The molecule has 7 rings (SSSR count). The number of rotatable bonds is 11. The average Bonchev–Trinajstić information content (AvgIpc) is 4.02. The third-order valence-corrected chi connectivity index (χ3v) is 14.3. The molecule has 0 radical (unpaired) electrons. The number of halogens is 1. The first-order valence-electron chi connectivity index (χ1n) is 20.1. The summed E-state index contributed by atoms with van der Waals surface area (Å²) in [4.78, 5) is 71.4. The van der Waals surface area contributed by atoms with E-state index in [0.717, 1.165) is 50.5 Å². The lowest BCUT2D eigenvalue weighted by molar-refractivity contribution is -0.139. The number of hydrogen-bond donors (Lipinski definition) is 5. The molecule has 1 unspecified atom stereocenters. The predicted octanol–water partition coefficient (Wildman–Crippen LogP) is 6.03. The Morgan fingerprint density at radius 3 is 2.22 bits per heavy atom. The first-order chi connectivity index (χ1) is 28.1. The number of nitrogens with zero attached hydrogens (tertiary/aromatic N) is 4. The summed E-state index contributed by atoms with van der Waals surface area (Å²) in [5.41, 5.74) is 5.29. The van der Waals surface area contributed by atoms with Crippen molar-refractivity contribution in [2.75, 3.05) is 26.4 Å². The summed E-state index contributed by atoms with van der Waals surface area (Å²) in [6.07, 6.45) is 0.669. The van der Waals surface area contributed by atoms with Gasteiger partial charge >= 0.3 is 6.09 Å². The van der Waals surface area contributed by atoms with Gasteiger partial charge < -0.3 is 40.2 Å². The molecule has 2 saturated heterocycles. The van der Waals surface area contributed by atoms with Gasteiger partial charge in [0.25, 0.3) is 0 Å². The van der Waals surface area contributed by atoms with E-state index in [-0.39, 0.29) is 36.8 Å². The number of aliphatic hydroxyl groups excluding tert-OH is 1. The van der Waals surface area contributed by atoms with Crippen LogP contribution in [0.1, 0.15) is 57.8 Å². The number of benzene rings is 3. The van der Waals surface area contributed by atoms with Crippen LogP contribution in [0.3, 0.4) is 0 Å². The van der Waals surface area contributed by atoms with E-state index in [0.29, 0.717) is 17.5 Å². The van der Waals surface area contributed by atoms with Crippen LogP contribution in [0.4, 0.5) is 9.18 Å². The van der Waals surface area contributed by atoms with Crippen molar-refractivity contribution in [1.82, 2.24) is 40.4 Å². The monoisotopic (exact) mass is 824 g/mol. The maximum Gasteiger partial charge on any atom is 0.407 e. The first-order valence-corrected chi connectivity index (χ1v) is 23.6. The summed E-state index contributed by atoms with van der Waals surface area (Å²) in [6, 6.07) is 16.7. The molecule has 5 N–H and O–H groups in total. The zero-order chi connectivity index (χ0) is 42.3. The van der Waals surface area contributed by atoms with Gasteiger partial charge in [0.1, 0.15) is 36.5 Å². The van der Waals surface area contributed by atoms with Crippen LogP contribution >= 0.6 is 0 Å². The summed E-state index contributed by atoms with van der Waals surface area (Å²) in [6.45, 7) is 11.1. The molecular formula is C43H53FN8O6Si. The van der Waals surface area contributed by atoms with E-state index in [9.17, 15) is 28.7 Å². The molecule has 2 fully saturated rings. The fraction of sp³-hybridized carbons (Fsp3) is 0.442. The zero-order valence-electron chi connectivity index (χ0n) is 34.5. The second-order valence-electron chi connectivity index (χ2n) is 17.3. The van der Waals surface area contributed by atoms with Crippen LogP contribution < -0.4 is 10.6 Å². The van der Waals surface area contributed by atoms with Crippen molar-refractivity contribution in [3.8, 4) is 22.4 Å². The second kappa shape index (κ2) is 16.6. The van der Waals surface area contributed by atoms with Crippen molar-refractivity contribution in [2.24, 2.45) is 11.8 Å². The van der Waals surface area contributed by atoms with E-state index in [1.165, 1.54) is 12.0 Å². The van der Waals surface area contributed by atoms with Crippen LogP contribution in [-0.2, 0) is 19.1 Å². The molecule has 5 aromatic rings. The minimum Gasteiger partial charge on any atom is -0.453 e. The number of alkyl carbamates (subject to hydrolysis) is 1. The highest BCUT2D eigenvalue weighted by molar-refractivity contribution is 6.78. The van der Waals surface area contributed by atoms with Gasteiger partial charge in [-0.25, -0.2) is 19.2 Å². The number of H-pyrrole nitrogens is 2. The number of alkyl halides is 1. The number of carbonyl (C=O) groups excluding carboxylic acids is 4. The molecule has 0 spiro atoms. The quantitative estimate of drug-likeness (QED) is 0.100. The molecule has 16 heteroatoms. The van der Waals surface area contributed by atoms with Crippen molar-refractivity contribution in [3.63, 3.8) is 0 Å². The van der Waals surface area contributed by atoms with Gasteiger partial charge in [0.2, 0.25) is 17.7 Å². The van der Waals surface area contributed by atoms with E-state index < -0.39 is 56.9 Å². The number of nitrogens with one attached hydrogen (secondary N) is 4. The molecule has 14 nitrogen and oxygen atoms in total. The Morgan fingerprint density at radius 1 is 0.881 bits per heavy atom. The highest BCUT2D eigenvalue weighted by Crippen LogP contribution is 2.39. The molecule has 2 aliphatic rings. The van der Waals surface area contributed by atoms with Crippen molar-refractivity contribution in [2.45, 2.75) is 83.6 Å². The Bertz CT molecular complexity index is 2380. The van der Waals surface area contributed by atoms with Gasteiger partial charge in [-0.2, -0.15) is 0 Å². The van der Waals surface area contributed by atoms with Crippen molar-refractivity contribution < 1.29 is 33.4 Å². The minimum atomic E-state index is -1.77. The van der Waals surface area contributed by atoms with E-state index >= 15 is 0 Å². The number of methoxy groups -OCH3 is 1. The number of aromatic nitrogens is 4. The normalized spacial score (nSPS) is 20.1. The number of fused-ring (bicyclic) bond motifs is 3. The molecular weight excluding hydrogens is 772 g/mol. The number of aliphatic hydroxyl groups is 1. The van der Waals surface area contributed by atoms with E-state index in [1.54, 1.807) is 20.0 Å². The molecule has 59 heavy (non-hydrogen) atoms. The number of carbonyl (C=O) groups is 4. The molecule has 2 aliphatic heterocycles. The molecule has 2 aromatic heterocycles. The van der Waals surface area contributed by atoms with E-state index in [4.69, 9.17) is 14.7 Å². The lowest BCUT2D eigenvalue weighted by Crippen LogP contribution is -2.52. The van der Waals surface area contributed by atoms with Crippen molar-refractivity contribution in [1.29, 1.82) is 0 Å². The third-order valence-electron chi connectivity index (χ3n) is 11.6. The maximum absolute atomic E-state index is 14.9. The summed E-state index contributed by atoms with van der Waals surface area (Å²) in [5.74, 6) is -0.408. The van der Waals surface area contributed by atoms with Crippen LogP contribution in [0.5, 0.6) is 0 Å². The highest BCUT2D eigenvalue weighted by Gasteiger charge is 2.46. The lowest BCUT2D eigenvalue weighted by Gasteiger charge is -2.30. The fourth-order valence-electron chi connectivity index (χ4n) is 8.48. The van der Waals surface area contributed by atoms with Crippen molar-refractivity contribution >= 4 is 53.7 Å². The van der Waals surface area contributed by atoms with Gasteiger partial charge in [-0.05, 0) is 52.1 Å². The minimum absolute atomic E-state index is 0.0790. The third kappa shape index (κ3) is 8.46. The Kier molecular flexibility index (Phi) is 11.7. The first kappa shape index (κ1) is 41.5. The molecule has 4 heterocycles. The van der Waals surface area contributed by atoms with Gasteiger partial charge in [-0.1, -0.05) is 83.3 Å². The van der Waals surface area contributed by atoms with Crippen LogP contribution in [-0.4, -0.2) is 111 Å². The van der Waals surface area contributed by atoms with Gasteiger partial charge in [0.15, 0.2) is 0 Å². The number of imidazole rings is 2. The number of aromatic amines is 2. The predicted molar refractivity (Wildman–Crippen MR) is 225 cm³/mol. The van der Waals surface area contributed by atoms with Crippen LogP contribution in [0, 0.1) is 11.8 Å². The lowest BCUT2D eigenvalue weighted by atomic mass is 9.99. The standard InChI is InChI=1S/C43H53FN8O6Si/c1-23(2)36(48-35(54)20-53)41(55)51-19-29(44)17-33(51)40-46-31-15-13-28-16-27(12-14-30(28)38(31)49-40)25-8-10-26(11-9-25)32-18-45-39(47-32)34-21-59(6,7)22-52(34)42(56)37(24(3)4)50-43(57)58-5/h8-16,18,23-24,29,33-34,36-37,53H,17,19-22H2,1-7H3,(H,45,47)(H,46,49)(H,48,54)(H,50,57)/t29-,33?,34+,36+,37+/m1/s1. The summed E-state index contributed by atoms with van der Waals surface area (Å²) in [5, 5.41) is 16.4. The topological polar surface area (TPSA) is 186 Å². The second-order valence-corrected chi connectivity index (χ2v) is 22.3. The van der Waals surface area contributed by atoms with Crippen LogP contribution in [0.25, 0.3) is 44.2 Å². The Hall–Kier alpha value is -5.61. The van der Waals surface area contributed by atoms with Crippen molar-refractivity contribution in [3.05, 3.63) is 72.4 Å². The summed E-state index contributed by atoms with van der Waals surface area (Å²) in [7, 11) is -0.480. The SMILES string of the molecule is COC(=O)N[C@H](C(=O)N1C[Si](C)(C)C[C@H]1c1ncc(-c2ccc(-c3ccc4c(ccc5[nH]c(C6C[C@@H](F)CN6C(=O)[C@@H](NC(=O)CO)C(C)C)nc54)c3)cc2)[nH]1)C(C)C. The van der Waals surface area contributed by atoms with Gasteiger partial charge in [-0.3, -0.25) is 14.4 Å². The van der Waals surface area contributed by atoms with E-state index in [2.05, 4.69) is 51.9 Å². The van der Waals surface area contributed by atoms with Gasteiger partial charge in [0.05, 0.1) is 56.7 Å². The molecule has 3 aromatic carbocycles. The zero-order valence-corrected chi connectivity index (χ0v) is 35.5. The molecule has 312 valence electrons. The number of likely N-dealkylation sites (tertiary alicyclic amines) is 1. The molecule has 0 aliphatic carbocycles. The molecule has 5 atom stereocenters. The molecule has 4 amide bonds.